The van der Waals surface area contributed by atoms with Crippen LogP contribution in [0.25, 0.3) is 0 Å². The van der Waals surface area contributed by atoms with E-state index >= 15 is 0 Å². The molecular formula is C14H22N4O2. The number of hydrogen-bond donors (Lipinski definition) is 0. The average Bonchev–Trinajstić information content (AvgIpc) is 2.85. The molecule has 1 saturated heterocycles. The van der Waals surface area contributed by atoms with Crippen molar-refractivity contribution >= 4 is 5.78 Å². The number of rotatable bonds is 2. The van der Waals surface area contributed by atoms with Gasteiger partial charge in [0.2, 0.25) is 0 Å². The van der Waals surface area contributed by atoms with Crippen LogP contribution in [0.1, 0.15) is 33.5 Å². The highest BCUT2D eigenvalue weighted by atomic mass is 16.5. The third-order valence-corrected chi connectivity index (χ3v) is 4.43. The predicted molar refractivity (Wildman–Crippen MR) is 73.0 cm³/mol. The van der Waals surface area contributed by atoms with Crippen molar-refractivity contribution in [1.29, 1.82) is 0 Å². The van der Waals surface area contributed by atoms with E-state index in [4.69, 9.17) is 4.74 Å². The number of fused-ring (bicyclic) bond motifs is 1. The monoisotopic (exact) mass is 278 g/mol. The first-order chi connectivity index (χ1) is 9.29. The fourth-order valence-electron chi connectivity index (χ4n) is 3.35. The summed E-state index contributed by atoms with van der Waals surface area (Å²) < 4.78 is 8.02. The van der Waals surface area contributed by atoms with Crippen LogP contribution < -0.4 is 0 Å². The Morgan fingerprint density at radius 1 is 1.35 bits per heavy atom. The lowest BCUT2D eigenvalue weighted by Crippen LogP contribution is -2.44. The van der Waals surface area contributed by atoms with Gasteiger partial charge in [0.25, 0.3) is 0 Å². The quantitative estimate of drug-likeness (QED) is 0.803. The fourth-order valence-corrected chi connectivity index (χ4v) is 3.35. The van der Waals surface area contributed by atoms with Crippen molar-refractivity contribution in [3.63, 3.8) is 0 Å². The van der Waals surface area contributed by atoms with Crippen molar-refractivity contribution < 1.29 is 9.53 Å². The zero-order valence-electron chi connectivity index (χ0n) is 12.6. The molecule has 1 aromatic heterocycles. The van der Waals surface area contributed by atoms with Crippen LogP contribution in [0.3, 0.4) is 0 Å². The van der Waals surface area contributed by atoms with Gasteiger partial charge in [-0.2, -0.15) is 0 Å². The maximum absolute atomic E-state index is 12.5. The zero-order chi connectivity index (χ0) is 14.5. The van der Waals surface area contributed by atoms with E-state index in [1.807, 2.05) is 27.7 Å². The van der Waals surface area contributed by atoms with Gasteiger partial charge >= 0.3 is 0 Å². The summed E-state index contributed by atoms with van der Waals surface area (Å²) in [6.45, 7) is 11.0. The maximum Gasteiger partial charge on any atom is 0.171 e. The molecule has 0 bridgehead atoms. The second-order valence-corrected chi connectivity index (χ2v) is 6.81. The van der Waals surface area contributed by atoms with Gasteiger partial charge in [-0.1, -0.05) is 0 Å². The number of carbonyl (C=O) groups is 1. The van der Waals surface area contributed by atoms with E-state index in [9.17, 15) is 4.79 Å². The molecule has 2 aliphatic rings. The van der Waals surface area contributed by atoms with E-state index in [1.165, 1.54) is 0 Å². The van der Waals surface area contributed by atoms with E-state index in [2.05, 4.69) is 19.7 Å². The Hall–Kier alpha value is -1.27. The Labute approximate surface area is 119 Å². The van der Waals surface area contributed by atoms with Crippen LogP contribution in [0.4, 0.5) is 0 Å². The van der Waals surface area contributed by atoms with Crippen molar-refractivity contribution in [1.82, 2.24) is 19.7 Å². The Morgan fingerprint density at radius 2 is 2.10 bits per heavy atom. The predicted octanol–water partition coefficient (Wildman–Crippen LogP) is 0.866. The van der Waals surface area contributed by atoms with Crippen LogP contribution in [-0.4, -0.2) is 49.7 Å². The Kier molecular flexibility index (Phi) is 2.99. The van der Waals surface area contributed by atoms with E-state index < -0.39 is 11.2 Å². The molecule has 6 nitrogen and oxygen atoms in total. The Balaban J connectivity index is 1.74. The van der Waals surface area contributed by atoms with Gasteiger partial charge < -0.3 is 9.30 Å². The van der Waals surface area contributed by atoms with Gasteiger partial charge in [0.05, 0.1) is 18.1 Å². The molecule has 6 heteroatoms. The van der Waals surface area contributed by atoms with Gasteiger partial charge in [0.1, 0.15) is 17.8 Å². The summed E-state index contributed by atoms with van der Waals surface area (Å²) in [5.41, 5.74) is -1.09. The van der Waals surface area contributed by atoms with Crippen LogP contribution in [0.5, 0.6) is 0 Å². The molecule has 0 amide bonds. The number of aromatic nitrogens is 3. The van der Waals surface area contributed by atoms with Crippen molar-refractivity contribution in [2.24, 2.45) is 5.92 Å². The fraction of sp³-hybridized carbons (Fsp3) is 0.786. The van der Waals surface area contributed by atoms with Crippen LogP contribution in [0.2, 0.25) is 0 Å². The van der Waals surface area contributed by atoms with E-state index in [0.29, 0.717) is 0 Å². The van der Waals surface area contributed by atoms with Gasteiger partial charge in [-0.3, -0.25) is 9.69 Å². The molecule has 2 aliphatic heterocycles. The van der Waals surface area contributed by atoms with E-state index in [1.54, 1.807) is 6.33 Å². The second-order valence-electron chi connectivity index (χ2n) is 6.81. The molecular weight excluding hydrogens is 256 g/mol. The SMILES string of the molecule is CC1(C)OC(C)(C)C(CN2CCn3cnnc3C2)C1=O. The lowest BCUT2D eigenvalue weighted by molar-refractivity contribution is -0.132. The molecule has 1 aromatic rings. The molecule has 0 aromatic carbocycles. The highest BCUT2D eigenvalue weighted by molar-refractivity contribution is 5.91. The Bertz CT molecular complexity index is 535. The van der Waals surface area contributed by atoms with Crippen molar-refractivity contribution in [2.75, 3.05) is 13.1 Å². The molecule has 1 fully saturated rings. The summed E-state index contributed by atoms with van der Waals surface area (Å²) in [4.78, 5) is 14.8. The summed E-state index contributed by atoms with van der Waals surface area (Å²) in [5, 5.41) is 8.05. The zero-order valence-corrected chi connectivity index (χ0v) is 12.6. The van der Waals surface area contributed by atoms with Crippen LogP contribution in [0.15, 0.2) is 6.33 Å². The van der Waals surface area contributed by atoms with Crippen LogP contribution in [-0.2, 0) is 22.6 Å². The summed E-state index contributed by atoms with van der Waals surface area (Å²) in [6.07, 6.45) is 1.77. The Morgan fingerprint density at radius 3 is 2.75 bits per heavy atom. The molecule has 0 saturated carbocycles. The van der Waals surface area contributed by atoms with Crippen LogP contribution >= 0.6 is 0 Å². The number of hydrogen-bond acceptors (Lipinski definition) is 5. The summed E-state index contributed by atoms with van der Waals surface area (Å²) >= 11 is 0. The molecule has 0 spiro atoms. The largest absolute Gasteiger partial charge is 0.361 e. The minimum Gasteiger partial charge on any atom is -0.361 e. The van der Waals surface area contributed by atoms with Gasteiger partial charge in [-0.15, -0.1) is 10.2 Å². The smallest absolute Gasteiger partial charge is 0.171 e. The van der Waals surface area contributed by atoms with Gasteiger partial charge in [0.15, 0.2) is 5.78 Å². The van der Waals surface area contributed by atoms with Gasteiger partial charge in [-0.05, 0) is 27.7 Å². The van der Waals surface area contributed by atoms with Crippen LogP contribution in [0, 0.1) is 5.92 Å². The minimum absolute atomic E-state index is 0.0908. The maximum atomic E-state index is 12.5. The third-order valence-electron chi connectivity index (χ3n) is 4.43. The topological polar surface area (TPSA) is 60.2 Å². The molecule has 0 radical (unpaired) electrons. The third kappa shape index (κ3) is 2.16. The standard InChI is InChI=1S/C14H22N4O2/c1-13(2)10(12(19)14(3,4)20-13)7-17-5-6-18-9-15-16-11(18)8-17/h9-10H,5-8H2,1-4H3. The number of carbonyl (C=O) groups excluding carboxylic acids is 1. The molecule has 1 unspecified atom stereocenters. The molecule has 20 heavy (non-hydrogen) atoms. The number of ether oxygens (including phenoxy) is 1. The first-order valence-corrected chi connectivity index (χ1v) is 7.13. The summed E-state index contributed by atoms with van der Waals surface area (Å²) in [6, 6.07) is 0. The molecule has 3 heterocycles. The lowest BCUT2D eigenvalue weighted by Gasteiger charge is -2.32. The highest BCUT2D eigenvalue weighted by Crippen LogP contribution is 2.39. The highest BCUT2D eigenvalue weighted by Gasteiger charge is 2.53. The van der Waals surface area contributed by atoms with Crippen molar-refractivity contribution in [3.8, 4) is 0 Å². The van der Waals surface area contributed by atoms with E-state index in [0.717, 1.165) is 32.0 Å². The first-order valence-electron chi connectivity index (χ1n) is 7.13. The molecule has 0 N–H and O–H groups in total. The van der Waals surface area contributed by atoms with Crippen molar-refractivity contribution in [3.05, 3.63) is 12.2 Å². The number of Topliss-reactive ketones (excluding diaryl/α,β-unsaturated/α-hetero) is 1. The summed E-state index contributed by atoms with van der Waals surface area (Å²) in [7, 11) is 0. The number of nitrogens with zero attached hydrogens (tertiary/aromatic N) is 4. The lowest BCUT2D eigenvalue weighted by atomic mass is 9.85. The second kappa shape index (κ2) is 4.36. The molecule has 1 atom stereocenters. The molecule has 3 rings (SSSR count). The number of ketones is 1. The molecule has 110 valence electrons. The first kappa shape index (κ1) is 13.7. The average molecular weight is 278 g/mol. The van der Waals surface area contributed by atoms with E-state index in [-0.39, 0.29) is 11.7 Å². The summed E-state index contributed by atoms with van der Waals surface area (Å²) in [5.74, 6) is 1.08. The normalized spacial score (nSPS) is 28.6. The van der Waals surface area contributed by atoms with Crippen molar-refractivity contribution in [2.45, 2.75) is 52.0 Å². The van der Waals surface area contributed by atoms with Gasteiger partial charge in [0, 0.05) is 19.6 Å². The van der Waals surface area contributed by atoms with Gasteiger partial charge in [-0.25, -0.2) is 0 Å². The molecule has 0 aliphatic carbocycles. The minimum atomic E-state index is -0.677.